The zero-order valence-electron chi connectivity index (χ0n) is 21.4. The van der Waals surface area contributed by atoms with E-state index in [1.807, 2.05) is 18.2 Å². The first-order chi connectivity index (χ1) is 17.1. The molecule has 3 aromatic rings. The summed E-state index contributed by atoms with van der Waals surface area (Å²) in [5.41, 5.74) is 3.75. The Morgan fingerprint density at radius 3 is 2.42 bits per heavy atom. The smallest absolute Gasteiger partial charge is 0.303 e. The van der Waals surface area contributed by atoms with Crippen LogP contribution in [0.1, 0.15) is 56.7 Å². The molecule has 0 unspecified atom stereocenters. The highest BCUT2D eigenvalue weighted by Crippen LogP contribution is 2.36. The molecular weight excluding hydrogens is 462 g/mol. The van der Waals surface area contributed by atoms with E-state index in [-0.39, 0.29) is 30.7 Å². The topological polar surface area (TPSA) is 55.8 Å². The summed E-state index contributed by atoms with van der Waals surface area (Å²) in [5, 5.41) is 8.90. The highest BCUT2D eigenvalue weighted by molar-refractivity contribution is 5.70. The van der Waals surface area contributed by atoms with Crippen molar-refractivity contribution >= 4 is 5.97 Å². The second-order valence-corrected chi connectivity index (χ2v) is 9.91. The zero-order valence-corrected chi connectivity index (χ0v) is 21.4. The monoisotopic (exact) mass is 496 g/mol. The highest BCUT2D eigenvalue weighted by atomic mass is 19.1. The van der Waals surface area contributed by atoms with Crippen molar-refractivity contribution in [2.75, 3.05) is 7.11 Å². The molecule has 0 spiro atoms. The van der Waals surface area contributed by atoms with Gasteiger partial charge in [-0.15, -0.1) is 0 Å². The van der Waals surface area contributed by atoms with Gasteiger partial charge in [-0.05, 0) is 77.3 Å². The van der Waals surface area contributed by atoms with Crippen molar-refractivity contribution in [1.29, 1.82) is 0 Å². The molecule has 0 heterocycles. The fourth-order valence-electron chi connectivity index (χ4n) is 4.53. The average molecular weight is 497 g/mol. The van der Waals surface area contributed by atoms with Crippen molar-refractivity contribution in [2.24, 2.45) is 5.41 Å². The van der Waals surface area contributed by atoms with E-state index in [2.05, 4.69) is 20.8 Å². The van der Waals surface area contributed by atoms with Crippen molar-refractivity contribution in [2.45, 2.75) is 59.5 Å². The minimum absolute atomic E-state index is 0.0138. The van der Waals surface area contributed by atoms with Gasteiger partial charge in [0.15, 0.2) is 0 Å². The average Bonchev–Trinajstić information content (AvgIpc) is 2.81. The molecule has 0 saturated heterocycles. The molecule has 0 radical (unpaired) electrons. The molecular formula is C30H34F2O4. The SMILES string of the molecule is CCCC(C)(C)Cc1cc(COc2cc(F)cc(CCC(=O)O)c2)ccc1-c1cc(OC)ccc1F. The van der Waals surface area contributed by atoms with Crippen LogP contribution in [0.4, 0.5) is 8.78 Å². The van der Waals surface area contributed by atoms with Crippen LogP contribution >= 0.6 is 0 Å². The fourth-order valence-corrected chi connectivity index (χ4v) is 4.53. The molecule has 4 nitrogen and oxygen atoms in total. The maximum atomic E-state index is 14.9. The van der Waals surface area contributed by atoms with Gasteiger partial charge < -0.3 is 14.6 Å². The zero-order chi connectivity index (χ0) is 26.3. The third-order valence-electron chi connectivity index (χ3n) is 6.19. The predicted molar refractivity (Wildman–Crippen MR) is 137 cm³/mol. The Morgan fingerprint density at radius 1 is 0.944 bits per heavy atom. The molecule has 0 aliphatic rings. The first kappa shape index (κ1) is 27.2. The molecule has 192 valence electrons. The van der Waals surface area contributed by atoms with E-state index in [1.165, 1.54) is 18.2 Å². The first-order valence-electron chi connectivity index (χ1n) is 12.2. The number of hydrogen-bond acceptors (Lipinski definition) is 3. The Bertz CT molecular complexity index is 1200. The largest absolute Gasteiger partial charge is 0.497 e. The number of carboxylic acid groups (broad SMARTS) is 1. The number of aliphatic carboxylic acids is 1. The van der Waals surface area contributed by atoms with Gasteiger partial charge in [0.25, 0.3) is 0 Å². The van der Waals surface area contributed by atoms with Crippen molar-refractivity contribution in [1.82, 2.24) is 0 Å². The summed E-state index contributed by atoms with van der Waals surface area (Å²) in [6.07, 6.45) is 2.96. The van der Waals surface area contributed by atoms with Gasteiger partial charge >= 0.3 is 5.97 Å². The van der Waals surface area contributed by atoms with Gasteiger partial charge in [-0.2, -0.15) is 0 Å². The molecule has 6 heteroatoms. The van der Waals surface area contributed by atoms with Crippen molar-refractivity contribution in [3.8, 4) is 22.6 Å². The van der Waals surface area contributed by atoms with Crippen LogP contribution in [-0.2, 0) is 24.2 Å². The van der Waals surface area contributed by atoms with Crippen LogP contribution in [0, 0.1) is 17.0 Å². The third-order valence-corrected chi connectivity index (χ3v) is 6.19. The highest BCUT2D eigenvalue weighted by Gasteiger charge is 2.21. The van der Waals surface area contributed by atoms with E-state index in [1.54, 1.807) is 25.3 Å². The molecule has 0 fully saturated rings. The summed E-state index contributed by atoms with van der Waals surface area (Å²) >= 11 is 0. The number of rotatable bonds is 12. The maximum Gasteiger partial charge on any atom is 0.303 e. The van der Waals surface area contributed by atoms with E-state index in [9.17, 15) is 13.6 Å². The van der Waals surface area contributed by atoms with Crippen LogP contribution in [-0.4, -0.2) is 18.2 Å². The van der Waals surface area contributed by atoms with E-state index in [0.29, 0.717) is 22.6 Å². The van der Waals surface area contributed by atoms with Crippen molar-refractivity contribution in [3.63, 3.8) is 0 Å². The quantitative estimate of drug-likeness (QED) is 0.280. The van der Waals surface area contributed by atoms with Gasteiger partial charge in [-0.3, -0.25) is 4.79 Å². The number of carbonyl (C=O) groups is 1. The first-order valence-corrected chi connectivity index (χ1v) is 12.2. The van der Waals surface area contributed by atoms with Gasteiger partial charge in [-0.25, -0.2) is 8.78 Å². The molecule has 3 rings (SSSR count). The van der Waals surface area contributed by atoms with Crippen molar-refractivity contribution in [3.05, 3.63) is 82.9 Å². The molecule has 0 aromatic heterocycles. The maximum absolute atomic E-state index is 14.9. The van der Waals surface area contributed by atoms with Crippen LogP contribution in [0.2, 0.25) is 0 Å². The van der Waals surface area contributed by atoms with Gasteiger partial charge in [0.2, 0.25) is 0 Å². The number of carboxylic acids is 1. The van der Waals surface area contributed by atoms with Crippen molar-refractivity contribution < 1.29 is 28.2 Å². The Kier molecular flexibility index (Phi) is 9.08. The lowest BCUT2D eigenvalue weighted by Gasteiger charge is -2.26. The summed E-state index contributed by atoms with van der Waals surface area (Å²) in [6.45, 7) is 6.76. The lowest BCUT2D eigenvalue weighted by atomic mass is 9.79. The minimum atomic E-state index is -0.937. The predicted octanol–water partition coefficient (Wildman–Crippen LogP) is 7.61. The second-order valence-electron chi connectivity index (χ2n) is 9.91. The van der Waals surface area contributed by atoms with Crippen LogP contribution in [0.3, 0.4) is 0 Å². The molecule has 0 bridgehead atoms. The third kappa shape index (κ3) is 7.54. The van der Waals surface area contributed by atoms with Crippen LogP contribution in [0.15, 0.2) is 54.6 Å². The summed E-state index contributed by atoms with van der Waals surface area (Å²) in [6, 6.07) is 14.8. The lowest BCUT2D eigenvalue weighted by Crippen LogP contribution is -2.15. The van der Waals surface area contributed by atoms with E-state index >= 15 is 0 Å². The summed E-state index contributed by atoms with van der Waals surface area (Å²) in [5.74, 6) is -0.803. The lowest BCUT2D eigenvalue weighted by molar-refractivity contribution is -0.136. The number of halogens is 2. The van der Waals surface area contributed by atoms with Crippen LogP contribution in [0.25, 0.3) is 11.1 Å². The number of hydrogen-bond donors (Lipinski definition) is 1. The van der Waals surface area contributed by atoms with Gasteiger partial charge in [-0.1, -0.05) is 45.4 Å². The second kappa shape index (κ2) is 12.0. The Labute approximate surface area is 211 Å². The Hall–Kier alpha value is -3.41. The molecule has 0 aliphatic carbocycles. The van der Waals surface area contributed by atoms with Gasteiger partial charge in [0.1, 0.15) is 29.7 Å². The molecule has 3 aromatic carbocycles. The number of aryl methyl sites for hydroxylation is 1. The number of methoxy groups -OCH3 is 1. The van der Waals surface area contributed by atoms with Gasteiger partial charge in [0, 0.05) is 18.1 Å². The van der Waals surface area contributed by atoms with Crippen LogP contribution < -0.4 is 9.47 Å². The van der Waals surface area contributed by atoms with E-state index < -0.39 is 11.8 Å². The Morgan fingerprint density at radius 2 is 1.72 bits per heavy atom. The normalized spacial score (nSPS) is 11.4. The molecule has 0 saturated carbocycles. The molecule has 0 amide bonds. The molecule has 1 N–H and O–H groups in total. The number of ether oxygens (including phenoxy) is 2. The summed E-state index contributed by atoms with van der Waals surface area (Å²) < 4.78 is 40.1. The van der Waals surface area contributed by atoms with E-state index in [4.69, 9.17) is 14.6 Å². The summed E-state index contributed by atoms with van der Waals surface area (Å²) in [4.78, 5) is 10.9. The molecule has 0 atom stereocenters. The van der Waals surface area contributed by atoms with Crippen LogP contribution in [0.5, 0.6) is 11.5 Å². The fraction of sp³-hybridized carbons (Fsp3) is 0.367. The minimum Gasteiger partial charge on any atom is -0.497 e. The number of benzene rings is 3. The van der Waals surface area contributed by atoms with E-state index in [0.717, 1.165) is 36.0 Å². The Balaban J connectivity index is 1.91. The molecule has 36 heavy (non-hydrogen) atoms. The summed E-state index contributed by atoms with van der Waals surface area (Å²) in [7, 11) is 1.56. The molecule has 0 aliphatic heterocycles. The standard InChI is InChI=1S/C30H34F2O4/c1-5-12-30(2,3)18-22-13-21(6-9-26(22)27-17-24(35-4)8-10-28(27)32)19-36-25-15-20(7-11-29(33)34)14-23(31)16-25/h6,8-10,13-17H,5,7,11-12,18-19H2,1-4H3,(H,33,34). The van der Waals surface area contributed by atoms with Gasteiger partial charge in [0.05, 0.1) is 7.11 Å².